The number of carbonyl (C=O) groups is 2. The van der Waals surface area contributed by atoms with Crippen LogP contribution < -0.4 is 19.6 Å². The van der Waals surface area contributed by atoms with Crippen molar-refractivity contribution in [3.05, 3.63) is 87.9 Å². The van der Waals surface area contributed by atoms with E-state index in [1.54, 1.807) is 48.5 Å². The number of amides is 1. The Morgan fingerprint density at radius 3 is 2.45 bits per heavy atom. The van der Waals surface area contributed by atoms with Crippen molar-refractivity contribution < 1.29 is 23.8 Å². The van der Waals surface area contributed by atoms with Gasteiger partial charge in [-0.15, -0.1) is 0 Å². The molecule has 0 bridgehead atoms. The second-order valence-electron chi connectivity index (χ2n) is 6.88. The van der Waals surface area contributed by atoms with Crippen molar-refractivity contribution >= 4 is 34.0 Å². The minimum absolute atomic E-state index is 0.155. The zero-order chi connectivity index (χ0) is 23.6. The molecule has 0 saturated carbocycles. The third-order valence-corrected chi connectivity index (χ3v) is 4.93. The second kappa shape index (κ2) is 11.8. The number of carbonyl (C=O) groups excluding carboxylic acids is 2. The van der Waals surface area contributed by atoms with E-state index in [0.29, 0.717) is 29.2 Å². The fraction of sp³-hybridized carbons (Fsp3) is 0.160. The number of ether oxygens (including phenoxy) is 3. The van der Waals surface area contributed by atoms with Crippen molar-refractivity contribution in [2.24, 2.45) is 5.10 Å². The van der Waals surface area contributed by atoms with Crippen molar-refractivity contribution in [1.82, 2.24) is 5.43 Å². The Hall–Kier alpha value is -3.65. The Morgan fingerprint density at radius 1 is 0.970 bits per heavy atom. The minimum Gasteiger partial charge on any atom is -0.490 e. The molecule has 170 valence electrons. The van der Waals surface area contributed by atoms with Gasteiger partial charge in [0.1, 0.15) is 5.75 Å². The van der Waals surface area contributed by atoms with Gasteiger partial charge in [0.15, 0.2) is 18.1 Å². The first kappa shape index (κ1) is 24.0. The molecule has 7 nitrogen and oxygen atoms in total. The van der Waals surface area contributed by atoms with Gasteiger partial charge in [0.2, 0.25) is 0 Å². The molecule has 0 saturated heterocycles. The minimum atomic E-state index is -0.495. The molecular weight excluding hydrogens is 488 g/mol. The number of benzene rings is 3. The Morgan fingerprint density at radius 2 is 1.73 bits per heavy atom. The summed E-state index contributed by atoms with van der Waals surface area (Å²) in [7, 11) is 0. The molecule has 0 fully saturated rings. The molecule has 0 spiro atoms. The number of para-hydroxylation sites is 1. The van der Waals surface area contributed by atoms with Gasteiger partial charge in [-0.05, 0) is 73.5 Å². The van der Waals surface area contributed by atoms with Gasteiger partial charge < -0.3 is 14.2 Å². The Labute approximate surface area is 200 Å². The molecule has 1 amide bonds. The third-order valence-electron chi connectivity index (χ3n) is 4.41. The van der Waals surface area contributed by atoms with Gasteiger partial charge in [0, 0.05) is 4.47 Å². The summed E-state index contributed by atoms with van der Waals surface area (Å²) in [4.78, 5) is 24.4. The first-order chi connectivity index (χ1) is 16.0. The lowest BCUT2D eigenvalue weighted by Crippen LogP contribution is -2.24. The predicted octanol–water partition coefficient (Wildman–Crippen LogP) is 4.90. The van der Waals surface area contributed by atoms with E-state index < -0.39 is 5.97 Å². The van der Waals surface area contributed by atoms with Gasteiger partial charge in [-0.25, -0.2) is 10.2 Å². The zero-order valence-corrected chi connectivity index (χ0v) is 19.8. The van der Waals surface area contributed by atoms with Gasteiger partial charge in [0.05, 0.1) is 18.4 Å². The molecule has 8 heteroatoms. The van der Waals surface area contributed by atoms with Gasteiger partial charge in [-0.3, -0.25) is 4.79 Å². The van der Waals surface area contributed by atoms with E-state index in [2.05, 4.69) is 26.5 Å². The molecule has 0 aliphatic carbocycles. The highest BCUT2D eigenvalue weighted by Crippen LogP contribution is 2.29. The third kappa shape index (κ3) is 7.18. The summed E-state index contributed by atoms with van der Waals surface area (Å²) in [6.07, 6.45) is 1.47. The summed E-state index contributed by atoms with van der Waals surface area (Å²) in [6.45, 7) is 3.96. The Balaban J connectivity index is 1.60. The summed E-state index contributed by atoms with van der Waals surface area (Å²) in [5.74, 6) is 0.440. The molecule has 3 rings (SSSR count). The van der Waals surface area contributed by atoms with Crippen LogP contribution in [0.4, 0.5) is 0 Å². The highest BCUT2D eigenvalue weighted by atomic mass is 79.9. The molecule has 0 aliphatic heterocycles. The van der Waals surface area contributed by atoms with Gasteiger partial charge in [0.25, 0.3) is 5.91 Å². The average Bonchev–Trinajstić information content (AvgIpc) is 2.80. The molecule has 0 heterocycles. The fourth-order valence-electron chi connectivity index (χ4n) is 2.78. The van der Waals surface area contributed by atoms with E-state index in [0.717, 1.165) is 10.0 Å². The number of hydrazone groups is 1. The average molecular weight is 511 g/mol. The lowest BCUT2D eigenvalue weighted by atomic mass is 10.2. The monoisotopic (exact) mass is 510 g/mol. The van der Waals surface area contributed by atoms with Crippen LogP contribution >= 0.6 is 15.9 Å². The number of esters is 1. The maximum absolute atomic E-state index is 12.4. The topological polar surface area (TPSA) is 86.2 Å². The van der Waals surface area contributed by atoms with Gasteiger partial charge in [-0.1, -0.05) is 34.1 Å². The van der Waals surface area contributed by atoms with Crippen molar-refractivity contribution in [1.29, 1.82) is 0 Å². The maximum Gasteiger partial charge on any atom is 0.343 e. The standard InChI is InChI=1S/C25H23BrN2O5/c1-3-31-23-14-18(8-13-22(23)33-25(30)19-9-11-20(26)12-10-19)15-27-28-24(29)16-32-21-7-5-4-6-17(21)2/h4-15H,3,16H2,1-2H3,(H,28,29)/b27-15-. The molecule has 1 N–H and O–H groups in total. The summed E-state index contributed by atoms with van der Waals surface area (Å²) in [6, 6.07) is 19.3. The molecule has 0 aliphatic rings. The molecule has 3 aromatic carbocycles. The van der Waals surface area contributed by atoms with E-state index in [1.807, 2.05) is 32.0 Å². The molecule has 0 aromatic heterocycles. The van der Waals surface area contributed by atoms with Crippen molar-refractivity contribution in [3.8, 4) is 17.2 Å². The number of nitrogens with one attached hydrogen (secondary N) is 1. The van der Waals surface area contributed by atoms with Crippen LogP contribution in [-0.4, -0.2) is 31.3 Å². The number of hydrogen-bond donors (Lipinski definition) is 1. The van der Waals surface area contributed by atoms with Crippen LogP contribution in [-0.2, 0) is 4.79 Å². The van der Waals surface area contributed by atoms with Crippen molar-refractivity contribution in [2.45, 2.75) is 13.8 Å². The van der Waals surface area contributed by atoms with Gasteiger partial charge >= 0.3 is 5.97 Å². The maximum atomic E-state index is 12.4. The molecule has 33 heavy (non-hydrogen) atoms. The van der Waals surface area contributed by atoms with Crippen LogP contribution in [0.25, 0.3) is 0 Å². The van der Waals surface area contributed by atoms with E-state index in [4.69, 9.17) is 14.2 Å². The van der Waals surface area contributed by atoms with E-state index in [-0.39, 0.29) is 18.3 Å². The van der Waals surface area contributed by atoms with Crippen LogP contribution in [0, 0.1) is 6.92 Å². The SMILES string of the molecule is CCOc1cc(/C=N\NC(=O)COc2ccccc2C)ccc1OC(=O)c1ccc(Br)cc1. The lowest BCUT2D eigenvalue weighted by molar-refractivity contribution is -0.123. The molecule has 0 atom stereocenters. The molecule has 0 radical (unpaired) electrons. The first-order valence-corrected chi connectivity index (χ1v) is 11.0. The quantitative estimate of drug-likeness (QED) is 0.191. The van der Waals surface area contributed by atoms with Gasteiger partial charge in [-0.2, -0.15) is 5.10 Å². The number of aryl methyl sites for hydroxylation is 1. The lowest BCUT2D eigenvalue weighted by Gasteiger charge is -2.11. The summed E-state index contributed by atoms with van der Waals surface area (Å²) >= 11 is 3.34. The zero-order valence-electron chi connectivity index (χ0n) is 18.2. The number of hydrogen-bond acceptors (Lipinski definition) is 6. The normalized spacial score (nSPS) is 10.6. The van der Waals surface area contributed by atoms with Crippen LogP contribution in [0.15, 0.2) is 76.3 Å². The van der Waals surface area contributed by atoms with Crippen LogP contribution in [0.5, 0.6) is 17.2 Å². The summed E-state index contributed by atoms with van der Waals surface area (Å²) in [5.41, 5.74) is 4.44. The second-order valence-corrected chi connectivity index (χ2v) is 7.80. The molecule has 0 unspecified atom stereocenters. The first-order valence-electron chi connectivity index (χ1n) is 10.2. The van der Waals surface area contributed by atoms with E-state index in [1.165, 1.54) is 6.21 Å². The molecule has 3 aromatic rings. The number of rotatable bonds is 9. The number of halogens is 1. The largest absolute Gasteiger partial charge is 0.490 e. The highest BCUT2D eigenvalue weighted by Gasteiger charge is 2.13. The predicted molar refractivity (Wildman–Crippen MR) is 129 cm³/mol. The number of nitrogens with zero attached hydrogens (tertiary/aromatic N) is 1. The van der Waals surface area contributed by atoms with Crippen LogP contribution in [0.2, 0.25) is 0 Å². The Bertz CT molecular complexity index is 1150. The smallest absolute Gasteiger partial charge is 0.343 e. The fourth-order valence-corrected chi connectivity index (χ4v) is 3.04. The van der Waals surface area contributed by atoms with Crippen LogP contribution in [0.1, 0.15) is 28.4 Å². The highest BCUT2D eigenvalue weighted by molar-refractivity contribution is 9.10. The molecular formula is C25H23BrN2O5. The van der Waals surface area contributed by atoms with Crippen molar-refractivity contribution in [2.75, 3.05) is 13.2 Å². The summed E-state index contributed by atoms with van der Waals surface area (Å²) in [5, 5.41) is 3.95. The summed E-state index contributed by atoms with van der Waals surface area (Å²) < 4.78 is 17.5. The van der Waals surface area contributed by atoms with E-state index >= 15 is 0 Å². The van der Waals surface area contributed by atoms with Crippen LogP contribution in [0.3, 0.4) is 0 Å². The van der Waals surface area contributed by atoms with Crippen molar-refractivity contribution in [3.63, 3.8) is 0 Å². The van der Waals surface area contributed by atoms with E-state index in [9.17, 15) is 9.59 Å². The Kier molecular flexibility index (Phi) is 8.60.